The maximum Gasteiger partial charge on any atom is 0.307 e. The molecular weight excluding hydrogens is 376 g/mol. The largest absolute Gasteiger partial charge is 0.460 e. The van der Waals surface area contributed by atoms with Gasteiger partial charge in [-0.15, -0.1) is 0 Å². The lowest BCUT2D eigenvalue weighted by Crippen LogP contribution is -2.46. The quantitative estimate of drug-likeness (QED) is 0.137. The van der Waals surface area contributed by atoms with Gasteiger partial charge in [-0.3, -0.25) is 4.79 Å². The topological polar surface area (TPSA) is 103 Å². The summed E-state index contributed by atoms with van der Waals surface area (Å²) in [5, 5.41) is 12.3. The number of carbonyl (C=O) groups excluding carboxylic acids is 1. The van der Waals surface area contributed by atoms with Crippen LogP contribution in [0.15, 0.2) is 5.16 Å². The van der Waals surface area contributed by atoms with Crippen LogP contribution in [0.1, 0.15) is 67.7 Å². The van der Waals surface area contributed by atoms with Crippen LogP contribution in [0.5, 0.6) is 0 Å². The molecule has 2 atom stereocenters. The van der Waals surface area contributed by atoms with Crippen molar-refractivity contribution in [3.05, 3.63) is 0 Å². The van der Waals surface area contributed by atoms with Crippen LogP contribution in [0, 0.1) is 5.92 Å². The van der Waals surface area contributed by atoms with Crippen molar-refractivity contribution >= 4 is 20.1 Å². The summed E-state index contributed by atoms with van der Waals surface area (Å²) in [6.45, 7) is 18.8. The Hall–Kier alpha value is -1.12. The Balaban J connectivity index is 5.06. The summed E-state index contributed by atoms with van der Waals surface area (Å²) >= 11 is 0. The number of hydrogen-bond acceptors (Lipinski definition) is 6. The number of hydrogen-bond donors (Lipinski definition) is 2. The summed E-state index contributed by atoms with van der Waals surface area (Å²) in [7, 11) is -0.257. The summed E-state index contributed by atoms with van der Waals surface area (Å²) < 4.78 is 17.4. The molecule has 7 nitrogen and oxygen atoms in total. The molecule has 0 saturated heterocycles. The van der Waals surface area contributed by atoms with Crippen LogP contribution < -0.4 is 5.73 Å². The van der Waals surface area contributed by atoms with Gasteiger partial charge in [0.2, 0.25) is 0 Å². The Morgan fingerprint density at radius 3 is 2.07 bits per heavy atom. The van der Waals surface area contributed by atoms with Crippen molar-refractivity contribution in [1.29, 1.82) is 0 Å². The zero-order chi connectivity index (χ0) is 22.4. The summed E-state index contributed by atoms with van der Waals surface area (Å²) in [6.07, 6.45) is 1.16. The van der Waals surface area contributed by atoms with Gasteiger partial charge >= 0.3 is 5.97 Å². The molecule has 0 aliphatic rings. The number of methoxy groups -OCH3 is 1. The van der Waals surface area contributed by atoms with Crippen LogP contribution in [0.4, 0.5) is 0 Å². The molecule has 0 aliphatic carbocycles. The number of amidine groups is 1. The molecule has 3 N–H and O–H groups in total. The molecule has 0 bridgehead atoms. The van der Waals surface area contributed by atoms with Crippen molar-refractivity contribution in [2.75, 3.05) is 13.7 Å². The third kappa shape index (κ3) is 9.38. The number of nitrogens with two attached hydrogens (primary N) is 1. The highest BCUT2D eigenvalue weighted by molar-refractivity contribution is 6.74. The second-order valence-corrected chi connectivity index (χ2v) is 15.1. The molecule has 0 radical (unpaired) electrons. The normalized spacial score (nSPS) is 17.1. The molecule has 0 aromatic carbocycles. The predicted octanol–water partition coefficient (Wildman–Crippen LogP) is 4.29. The first-order valence-corrected chi connectivity index (χ1v) is 12.8. The summed E-state index contributed by atoms with van der Waals surface area (Å²) in [5.74, 6) is -0.780. The van der Waals surface area contributed by atoms with E-state index in [0.717, 1.165) is 0 Å². The first-order valence-electron chi connectivity index (χ1n) is 9.85. The van der Waals surface area contributed by atoms with E-state index in [1.165, 1.54) is 0 Å². The molecule has 28 heavy (non-hydrogen) atoms. The Morgan fingerprint density at radius 2 is 1.68 bits per heavy atom. The SMILES string of the molecule is COC(C)(CCC(CC(=O)OC(C)(C)C)C(N)=NO)CO[Si](C)(C)C(C)(C)C. The third-order valence-electron chi connectivity index (χ3n) is 5.43. The van der Waals surface area contributed by atoms with Crippen LogP contribution in [0.3, 0.4) is 0 Å². The Bertz CT molecular complexity index is 538. The van der Waals surface area contributed by atoms with Crippen LogP contribution in [-0.2, 0) is 18.7 Å². The van der Waals surface area contributed by atoms with Gasteiger partial charge < -0.3 is 24.8 Å². The van der Waals surface area contributed by atoms with Crippen molar-refractivity contribution in [3.63, 3.8) is 0 Å². The fourth-order valence-electron chi connectivity index (χ4n) is 2.28. The maximum absolute atomic E-state index is 12.2. The van der Waals surface area contributed by atoms with Gasteiger partial charge in [0, 0.05) is 13.0 Å². The minimum absolute atomic E-state index is 0.0228. The molecule has 166 valence electrons. The number of oxime groups is 1. The lowest BCUT2D eigenvalue weighted by Gasteiger charge is -2.39. The van der Waals surface area contributed by atoms with Crippen LogP contribution in [0.2, 0.25) is 18.1 Å². The van der Waals surface area contributed by atoms with Crippen LogP contribution in [0.25, 0.3) is 0 Å². The highest BCUT2D eigenvalue weighted by Crippen LogP contribution is 2.37. The van der Waals surface area contributed by atoms with Gasteiger partial charge in [-0.1, -0.05) is 25.9 Å². The molecule has 0 aromatic heterocycles. The van der Waals surface area contributed by atoms with E-state index in [-0.39, 0.29) is 23.3 Å². The van der Waals surface area contributed by atoms with Crippen molar-refractivity contribution in [1.82, 2.24) is 0 Å². The Kier molecular flexibility index (Phi) is 9.67. The second kappa shape index (κ2) is 10.1. The van der Waals surface area contributed by atoms with Crippen LogP contribution >= 0.6 is 0 Å². The van der Waals surface area contributed by atoms with E-state index in [1.54, 1.807) is 7.11 Å². The van der Waals surface area contributed by atoms with Crippen molar-refractivity contribution in [3.8, 4) is 0 Å². The monoisotopic (exact) mass is 418 g/mol. The molecule has 0 aliphatic heterocycles. The van der Waals surface area contributed by atoms with Gasteiger partial charge in [-0.25, -0.2) is 0 Å². The van der Waals surface area contributed by atoms with E-state index in [2.05, 4.69) is 39.0 Å². The summed E-state index contributed by atoms with van der Waals surface area (Å²) in [5.41, 5.74) is 4.72. The standard InChI is InChI=1S/C20H42N2O5Si/c1-18(2,3)27-16(23)13-15(17(21)22-24)11-12-20(7,25-8)14-26-28(9,10)19(4,5)6/h15,24H,11-14H2,1-10H3,(H2,21,22). The van der Waals surface area contributed by atoms with Gasteiger partial charge in [-0.2, -0.15) is 0 Å². The lowest BCUT2D eigenvalue weighted by atomic mass is 9.91. The Labute approximate surface area is 172 Å². The molecule has 0 rings (SSSR count). The molecular formula is C20H42N2O5Si. The molecule has 0 amide bonds. The van der Waals surface area contributed by atoms with Crippen LogP contribution in [-0.4, -0.2) is 50.2 Å². The minimum Gasteiger partial charge on any atom is -0.460 e. The second-order valence-electron chi connectivity index (χ2n) is 10.3. The zero-order valence-corrected chi connectivity index (χ0v) is 20.5. The smallest absolute Gasteiger partial charge is 0.307 e. The molecule has 0 saturated carbocycles. The highest BCUT2D eigenvalue weighted by atomic mass is 28.4. The van der Waals surface area contributed by atoms with E-state index in [9.17, 15) is 4.79 Å². The zero-order valence-electron chi connectivity index (χ0n) is 19.5. The first kappa shape index (κ1) is 26.9. The third-order valence-corrected chi connectivity index (χ3v) is 9.90. The van der Waals surface area contributed by atoms with Crippen molar-refractivity contribution in [2.24, 2.45) is 16.8 Å². The Morgan fingerprint density at radius 1 is 1.14 bits per heavy atom. The van der Waals surface area contributed by atoms with Gasteiger partial charge in [-0.05, 0) is 58.7 Å². The average Bonchev–Trinajstić information content (AvgIpc) is 2.53. The maximum atomic E-state index is 12.2. The van der Waals surface area contributed by atoms with E-state index in [1.807, 2.05) is 27.7 Å². The summed E-state index contributed by atoms with van der Waals surface area (Å²) in [6, 6.07) is 0. The van der Waals surface area contributed by atoms with E-state index < -0.39 is 25.4 Å². The molecule has 0 fully saturated rings. The average molecular weight is 419 g/mol. The minimum atomic E-state index is -1.91. The van der Waals surface area contributed by atoms with E-state index >= 15 is 0 Å². The van der Waals surface area contributed by atoms with Gasteiger partial charge in [0.1, 0.15) is 11.4 Å². The van der Waals surface area contributed by atoms with Gasteiger partial charge in [0.05, 0.1) is 18.6 Å². The van der Waals surface area contributed by atoms with Gasteiger partial charge in [0.15, 0.2) is 8.32 Å². The first-order chi connectivity index (χ1) is 12.5. The summed E-state index contributed by atoms with van der Waals surface area (Å²) in [4.78, 5) is 12.2. The molecule has 0 spiro atoms. The fourth-order valence-corrected chi connectivity index (χ4v) is 3.38. The number of rotatable bonds is 10. The van der Waals surface area contributed by atoms with Crippen molar-refractivity contribution in [2.45, 2.75) is 97.1 Å². The highest BCUT2D eigenvalue weighted by Gasteiger charge is 2.39. The van der Waals surface area contributed by atoms with E-state index in [4.69, 9.17) is 24.8 Å². The van der Waals surface area contributed by atoms with Crippen molar-refractivity contribution < 1.29 is 23.9 Å². The predicted molar refractivity (Wildman–Crippen MR) is 115 cm³/mol. The fraction of sp³-hybridized carbons (Fsp3) is 0.900. The molecule has 0 heterocycles. The van der Waals surface area contributed by atoms with Gasteiger partial charge in [0.25, 0.3) is 0 Å². The molecule has 2 unspecified atom stereocenters. The number of nitrogens with zero attached hydrogens (tertiary/aromatic N) is 1. The lowest BCUT2D eigenvalue weighted by molar-refractivity contribution is -0.155. The number of esters is 1. The number of ether oxygens (including phenoxy) is 2. The van der Waals surface area contributed by atoms with E-state index in [0.29, 0.717) is 19.4 Å². The molecule has 8 heteroatoms. The molecule has 0 aromatic rings. The number of carbonyl (C=O) groups is 1.